The van der Waals surface area contributed by atoms with Gasteiger partial charge in [0.15, 0.2) is 0 Å². The summed E-state index contributed by atoms with van der Waals surface area (Å²) in [6.07, 6.45) is 0.697. The molecule has 166 valence electrons. The van der Waals surface area contributed by atoms with Crippen molar-refractivity contribution in [2.24, 2.45) is 5.92 Å². The molecule has 1 saturated heterocycles. The molecule has 4 rings (SSSR count). The molecular formula is C26H28N2O4. The maximum atomic E-state index is 13.0. The molecule has 1 heterocycles. The lowest BCUT2D eigenvalue weighted by Gasteiger charge is -2.17. The fourth-order valence-electron chi connectivity index (χ4n) is 4.41. The molecule has 1 aliphatic rings. The van der Waals surface area contributed by atoms with Crippen LogP contribution in [0.4, 0.5) is 0 Å². The van der Waals surface area contributed by atoms with E-state index in [1.807, 2.05) is 49.4 Å². The molecule has 32 heavy (non-hydrogen) atoms. The molecule has 6 heteroatoms. The minimum atomic E-state index is -0.133. The van der Waals surface area contributed by atoms with Crippen LogP contribution in [0.5, 0.6) is 11.5 Å². The van der Waals surface area contributed by atoms with Crippen LogP contribution >= 0.6 is 0 Å². The molecule has 0 radical (unpaired) electrons. The Balaban J connectivity index is 1.64. The number of fused-ring (bicyclic) bond motifs is 1. The Morgan fingerprint density at radius 3 is 2.28 bits per heavy atom. The molecule has 1 fully saturated rings. The first-order valence-electron chi connectivity index (χ1n) is 10.7. The molecule has 6 nitrogen and oxygen atoms in total. The number of benzene rings is 3. The molecule has 1 aliphatic heterocycles. The highest BCUT2D eigenvalue weighted by Crippen LogP contribution is 2.40. The van der Waals surface area contributed by atoms with Gasteiger partial charge in [0.25, 0.3) is 5.91 Å². The lowest BCUT2D eigenvalue weighted by atomic mass is 9.97. The van der Waals surface area contributed by atoms with Crippen molar-refractivity contribution in [2.45, 2.75) is 13.3 Å². The third-order valence-electron chi connectivity index (χ3n) is 6.12. The largest absolute Gasteiger partial charge is 0.496 e. The van der Waals surface area contributed by atoms with Crippen molar-refractivity contribution in [2.75, 3.05) is 34.4 Å². The number of nitrogens with one attached hydrogen (secondary N) is 1. The van der Waals surface area contributed by atoms with Gasteiger partial charge in [0.05, 0.1) is 25.7 Å². The molecule has 0 aromatic heterocycles. The summed E-state index contributed by atoms with van der Waals surface area (Å²) in [5, 5.41) is 4.67. The summed E-state index contributed by atoms with van der Waals surface area (Å²) in [5.41, 5.74) is 3.58. The van der Waals surface area contributed by atoms with Crippen LogP contribution in [0.25, 0.3) is 21.9 Å². The molecule has 0 saturated carbocycles. The number of hydrogen-bond acceptors (Lipinski definition) is 4. The Morgan fingerprint density at radius 2 is 1.62 bits per heavy atom. The van der Waals surface area contributed by atoms with E-state index in [9.17, 15) is 9.59 Å². The normalized spacial score (nSPS) is 15.6. The number of aryl methyl sites for hydroxylation is 1. The van der Waals surface area contributed by atoms with E-state index in [1.54, 1.807) is 26.2 Å². The standard InChI is InChI=1S/C26H28N2O4/c1-16-11-22(31-3)24(23(12-16)32-4)19-7-5-18-14-20(8-6-17(18)13-19)26(30)28-10-9-21(15-28)25(29)27-2/h5-8,11-14,21H,9-10,15H2,1-4H3,(H,27,29). The van der Waals surface area contributed by atoms with Crippen LogP contribution in [0.15, 0.2) is 48.5 Å². The lowest BCUT2D eigenvalue weighted by Crippen LogP contribution is -2.33. The topological polar surface area (TPSA) is 67.9 Å². The van der Waals surface area contributed by atoms with Crippen LogP contribution < -0.4 is 14.8 Å². The van der Waals surface area contributed by atoms with Crippen molar-refractivity contribution in [1.29, 1.82) is 0 Å². The number of hydrogen-bond donors (Lipinski definition) is 1. The van der Waals surface area contributed by atoms with E-state index in [-0.39, 0.29) is 17.7 Å². The van der Waals surface area contributed by atoms with Gasteiger partial charge < -0.3 is 19.7 Å². The van der Waals surface area contributed by atoms with Crippen LogP contribution in [0.3, 0.4) is 0 Å². The van der Waals surface area contributed by atoms with Gasteiger partial charge in [-0.3, -0.25) is 9.59 Å². The second-order valence-corrected chi connectivity index (χ2v) is 8.17. The van der Waals surface area contributed by atoms with Crippen LogP contribution in [0, 0.1) is 12.8 Å². The molecule has 2 amide bonds. The van der Waals surface area contributed by atoms with E-state index >= 15 is 0 Å². The van der Waals surface area contributed by atoms with Gasteiger partial charge in [-0.1, -0.05) is 18.2 Å². The highest BCUT2D eigenvalue weighted by molar-refractivity contribution is 6.00. The molecule has 1 atom stereocenters. The monoisotopic (exact) mass is 432 g/mol. The summed E-state index contributed by atoms with van der Waals surface area (Å²) in [4.78, 5) is 26.6. The smallest absolute Gasteiger partial charge is 0.253 e. The predicted octanol–water partition coefficient (Wildman–Crippen LogP) is 4.04. The number of amides is 2. The van der Waals surface area contributed by atoms with Gasteiger partial charge in [-0.25, -0.2) is 0 Å². The summed E-state index contributed by atoms with van der Waals surface area (Å²) >= 11 is 0. The third-order valence-corrected chi connectivity index (χ3v) is 6.12. The van der Waals surface area contributed by atoms with Crippen LogP contribution in [0.1, 0.15) is 22.3 Å². The Bertz CT molecular complexity index is 1160. The SMILES string of the molecule is CNC(=O)C1CCN(C(=O)c2ccc3cc(-c4c(OC)cc(C)cc4OC)ccc3c2)C1. The fourth-order valence-corrected chi connectivity index (χ4v) is 4.41. The molecular weight excluding hydrogens is 404 g/mol. The van der Waals surface area contributed by atoms with Crippen LogP contribution in [0.2, 0.25) is 0 Å². The molecule has 3 aromatic rings. The lowest BCUT2D eigenvalue weighted by molar-refractivity contribution is -0.124. The zero-order valence-corrected chi connectivity index (χ0v) is 18.9. The Morgan fingerprint density at radius 1 is 0.969 bits per heavy atom. The summed E-state index contributed by atoms with van der Waals surface area (Å²) in [7, 11) is 4.94. The van der Waals surface area contributed by atoms with Gasteiger partial charge in [-0.05, 0) is 65.6 Å². The number of carbonyl (C=O) groups excluding carboxylic acids is 2. The van der Waals surface area contributed by atoms with Crippen LogP contribution in [-0.4, -0.2) is 51.1 Å². The second-order valence-electron chi connectivity index (χ2n) is 8.17. The zero-order valence-electron chi connectivity index (χ0n) is 18.9. The number of ether oxygens (including phenoxy) is 2. The molecule has 0 bridgehead atoms. The minimum Gasteiger partial charge on any atom is -0.496 e. The van der Waals surface area contributed by atoms with Crippen LogP contribution in [-0.2, 0) is 4.79 Å². The average Bonchev–Trinajstić information content (AvgIpc) is 3.32. The number of methoxy groups -OCH3 is 2. The average molecular weight is 433 g/mol. The van der Waals surface area contributed by atoms with Gasteiger partial charge >= 0.3 is 0 Å². The van der Waals surface area contributed by atoms with Gasteiger partial charge in [-0.2, -0.15) is 0 Å². The Labute approximate surface area is 188 Å². The molecule has 1 unspecified atom stereocenters. The maximum absolute atomic E-state index is 13.0. The highest BCUT2D eigenvalue weighted by Gasteiger charge is 2.31. The number of nitrogens with zero attached hydrogens (tertiary/aromatic N) is 1. The highest BCUT2D eigenvalue weighted by atomic mass is 16.5. The first-order chi connectivity index (χ1) is 15.4. The van der Waals surface area contributed by atoms with E-state index in [4.69, 9.17) is 9.47 Å². The number of likely N-dealkylation sites (tertiary alicyclic amines) is 1. The summed E-state index contributed by atoms with van der Waals surface area (Å²) in [5.74, 6) is 1.34. The van der Waals surface area contributed by atoms with Crippen molar-refractivity contribution in [3.63, 3.8) is 0 Å². The van der Waals surface area contributed by atoms with Crippen molar-refractivity contribution >= 4 is 22.6 Å². The molecule has 3 aromatic carbocycles. The first-order valence-corrected chi connectivity index (χ1v) is 10.7. The summed E-state index contributed by atoms with van der Waals surface area (Å²) in [6.45, 7) is 3.06. The van der Waals surface area contributed by atoms with E-state index in [2.05, 4.69) is 11.4 Å². The van der Waals surface area contributed by atoms with Crippen molar-refractivity contribution < 1.29 is 19.1 Å². The van der Waals surface area contributed by atoms with Gasteiger partial charge in [0, 0.05) is 25.7 Å². The number of rotatable bonds is 5. The first kappa shape index (κ1) is 21.7. The summed E-state index contributed by atoms with van der Waals surface area (Å²) in [6, 6.07) is 15.8. The second kappa shape index (κ2) is 8.91. The molecule has 0 spiro atoms. The van der Waals surface area contributed by atoms with E-state index in [1.165, 1.54) is 0 Å². The predicted molar refractivity (Wildman–Crippen MR) is 125 cm³/mol. The minimum absolute atomic E-state index is 0.00620. The number of carbonyl (C=O) groups is 2. The van der Waals surface area contributed by atoms with Gasteiger partial charge in [-0.15, -0.1) is 0 Å². The molecule has 0 aliphatic carbocycles. The van der Waals surface area contributed by atoms with Crippen molar-refractivity contribution in [1.82, 2.24) is 10.2 Å². The van der Waals surface area contributed by atoms with E-state index < -0.39 is 0 Å². The Hall–Kier alpha value is -3.54. The Kier molecular flexibility index (Phi) is 6.04. The quantitative estimate of drug-likeness (QED) is 0.661. The van der Waals surface area contributed by atoms with Crippen molar-refractivity contribution in [3.8, 4) is 22.6 Å². The van der Waals surface area contributed by atoms with Gasteiger partial charge in [0.2, 0.25) is 5.91 Å². The molecule has 1 N–H and O–H groups in total. The summed E-state index contributed by atoms with van der Waals surface area (Å²) < 4.78 is 11.2. The fraction of sp³-hybridized carbons (Fsp3) is 0.308. The zero-order chi connectivity index (χ0) is 22.8. The van der Waals surface area contributed by atoms with E-state index in [0.29, 0.717) is 25.1 Å². The maximum Gasteiger partial charge on any atom is 0.253 e. The van der Waals surface area contributed by atoms with Crippen molar-refractivity contribution in [3.05, 3.63) is 59.7 Å². The third kappa shape index (κ3) is 4.00. The van der Waals surface area contributed by atoms with E-state index in [0.717, 1.165) is 39.0 Å². The van der Waals surface area contributed by atoms with Gasteiger partial charge in [0.1, 0.15) is 11.5 Å².